The van der Waals surface area contributed by atoms with Crippen LogP contribution in [0.15, 0.2) is 72.8 Å². The second kappa shape index (κ2) is 14.5. The standard InChI is InChI=1S/C7H5ClO3.2C7H6O3.Mg/c8-11-7(10)5-3-1-2-4-6(5)9;2*8-6-4-2-1-3-5(6)7(9)10;/h1-4,9H;2*1-4,8H,(H,9,10);/q;;;+2/p-2. The van der Waals surface area contributed by atoms with Gasteiger partial charge < -0.3 is 39.4 Å². The Morgan fingerprint density at radius 2 is 0.906 bits per heavy atom. The van der Waals surface area contributed by atoms with E-state index in [1.165, 1.54) is 48.5 Å². The average Bonchev–Trinajstić information content (AvgIpc) is 2.75. The van der Waals surface area contributed by atoms with Crippen molar-refractivity contribution in [3.63, 3.8) is 0 Å². The largest absolute Gasteiger partial charge is 2.00 e. The second-order valence-corrected chi connectivity index (χ2v) is 5.65. The second-order valence-electron chi connectivity index (χ2n) is 5.49. The van der Waals surface area contributed by atoms with Gasteiger partial charge in [0.2, 0.25) is 0 Å². The quantitative estimate of drug-likeness (QED) is 0.469. The number of phenolic OH excluding ortho intramolecular Hbond substituents is 1. The molecule has 162 valence electrons. The van der Waals surface area contributed by atoms with Gasteiger partial charge in [0.05, 0.1) is 11.9 Å². The number of para-hydroxylation sites is 3. The molecule has 0 aliphatic rings. The van der Waals surface area contributed by atoms with Crippen LogP contribution < -0.4 is 10.2 Å². The number of carboxylic acid groups (broad SMARTS) is 2. The van der Waals surface area contributed by atoms with Crippen molar-refractivity contribution in [3.8, 4) is 17.2 Å². The van der Waals surface area contributed by atoms with Crippen molar-refractivity contribution in [1.82, 2.24) is 0 Å². The van der Waals surface area contributed by atoms with E-state index in [-0.39, 0.29) is 57.0 Å². The van der Waals surface area contributed by atoms with Crippen molar-refractivity contribution in [2.75, 3.05) is 0 Å². The maximum Gasteiger partial charge on any atom is 2.00 e. The van der Waals surface area contributed by atoms with Crippen LogP contribution in [0, 0.1) is 0 Å². The van der Waals surface area contributed by atoms with Gasteiger partial charge in [-0.15, -0.1) is 0 Å². The molecule has 3 aromatic rings. The third-order valence-corrected chi connectivity index (χ3v) is 3.58. The van der Waals surface area contributed by atoms with Gasteiger partial charge >= 0.3 is 29.0 Å². The summed E-state index contributed by atoms with van der Waals surface area (Å²) >= 11 is 4.80. The molecule has 0 saturated heterocycles. The van der Waals surface area contributed by atoms with E-state index < -0.39 is 17.9 Å². The van der Waals surface area contributed by atoms with Crippen LogP contribution in [0.25, 0.3) is 0 Å². The molecule has 3 aromatic carbocycles. The van der Waals surface area contributed by atoms with E-state index in [0.717, 1.165) is 0 Å². The number of aromatic carboxylic acids is 2. The molecular formula is C21H15ClMgO9. The van der Waals surface area contributed by atoms with Crippen molar-refractivity contribution < 1.29 is 44.2 Å². The first-order valence-corrected chi connectivity index (χ1v) is 8.59. The number of carbonyl (C=O) groups is 3. The molecule has 3 rings (SSSR count). The van der Waals surface area contributed by atoms with Crippen LogP contribution in [0.5, 0.6) is 17.2 Å². The molecule has 0 amide bonds. The van der Waals surface area contributed by atoms with E-state index in [2.05, 4.69) is 4.29 Å². The van der Waals surface area contributed by atoms with Crippen LogP contribution in [0.2, 0.25) is 0 Å². The maximum atomic E-state index is 10.7. The van der Waals surface area contributed by atoms with E-state index in [0.29, 0.717) is 0 Å². The number of halogens is 1. The van der Waals surface area contributed by atoms with Gasteiger partial charge in [-0.3, -0.25) is 0 Å². The third-order valence-electron chi connectivity index (χ3n) is 3.44. The first-order chi connectivity index (χ1) is 14.7. The summed E-state index contributed by atoms with van der Waals surface area (Å²) in [6, 6.07) is 17.3. The average molecular weight is 471 g/mol. The molecule has 0 atom stereocenters. The number of benzene rings is 3. The molecule has 9 nitrogen and oxygen atoms in total. The zero-order chi connectivity index (χ0) is 23.4. The molecule has 0 bridgehead atoms. The van der Waals surface area contributed by atoms with Gasteiger partial charge in [-0.1, -0.05) is 36.4 Å². The van der Waals surface area contributed by atoms with Crippen LogP contribution in [0.4, 0.5) is 0 Å². The summed E-state index contributed by atoms with van der Waals surface area (Å²) < 4.78 is 3.89. The molecule has 0 unspecified atom stereocenters. The summed E-state index contributed by atoms with van der Waals surface area (Å²) in [6.45, 7) is 0. The molecule has 3 N–H and O–H groups in total. The number of hydrogen-bond donors (Lipinski definition) is 3. The summed E-state index contributed by atoms with van der Waals surface area (Å²) in [5, 5.41) is 47.1. The maximum absolute atomic E-state index is 10.7. The molecule has 0 aliphatic heterocycles. The molecule has 11 heteroatoms. The van der Waals surface area contributed by atoms with E-state index in [1.807, 2.05) is 0 Å². The van der Waals surface area contributed by atoms with Gasteiger partial charge in [0.15, 0.2) is 0 Å². The van der Waals surface area contributed by atoms with Crippen molar-refractivity contribution >= 4 is 52.8 Å². The van der Waals surface area contributed by atoms with E-state index in [1.54, 1.807) is 24.3 Å². The number of hydrogen-bond acceptors (Lipinski definition) is 9. The number of rotatable bonds is 3. The van der Waals surface area contributed by atoms with Crippen LogP contribution in [0.3, 0.4) is 0 Å². The zero-order valence-electron chi connectivity index (χ0n) is 16.3. The molecule has 0 saturated carbocycles. The van der Waals surface area contributed by atoms with Gasteiger partial charge in [-0.2, -0.15) is 0 Å². The molecule has 0 aromatic heterocycles. The minimum atomic E-state index is -1.36. The summed E-state index contributed by atoms with van der Waals surface area (Å²) in [4.78, 5) is 31.0. The van der Waals surface area contributed by atoms with Crippen LogP contribution >= 0.6 is 11.9 Å². The Kier molecular flexibility index (Phi) is 12.9. The van der Waals surface area contributed by atoms with Gasteiger partial charge in [0.25, 0.3) is 0 Å². The number of aromatic hydroxyl groups is 3. The first-order valence-electron chi connectivity index (χ1n) is 8.28. The topological polar surface area (TPSA) is 167 Å². The molecule has 0 fully saturated rings. The van der Waals surface area contributed by atoms with Crippen LogP contribution in [0.1, 0.15) is 31.1 Å². The predicted octanol–water partition coefficient (Wildman–Crippen LogP) is 0.833. The van der Waals surface area contributed by atoms with Crippen LogP contribution in [-0.2, 0) is 4.29 Å². The Hall–Kier alpha value is -3.47. The minimum Gasteiger partial charge on any atom is -0.545 e. The molecule has 0 spiro atoms. The fourth-order valence-corrected chi connectivity index (χ4v) is 2.06. The Bertz CT molecular complexity index is 1000. The molecular weight excluding hydrogens is 456 g/mol. The van der Waals surface area contributed by atoms with Gasteiger partial charge in [0, 0.05) is 11.1 Å². The normalized spacial score (nSPS) is 8.91. The van der Waals surface area contributed by atoms with Crippen LogP contribution in [-0.4, -0.2) is 56.3 Å². The summed E-state index contributed by atoms with van der Waals surface area (Å²) in [6.07, 6.45) is 0. The first kappa shape index (κ1) is 28.5. The number of carbonyl (C=O) groups excluding carboxylic acids is 3. The van der Waals surface area contributed by atoms with E-state index in [9.17, 15) is 24.6 Å². The summed E-state index contributed by atoms with van der Waals surface area (Å²) in [7, 11) is 0. The van der Waals surface area contributed by atoms with Crippen molar-refractivity contribution in [3.05, 3.63) is 89.5 Å². The Morgan fingerprint density at radius 3 is 1.12 bits per heavy atom. The number of carboxylic acids is 2. The van der Waals surface area contributed by atoms with E-state index in [4.69, 9.17) is 27.2 Å². The fourth-order valence-electron chi connectivity index (χ4n) is 1.98. The minimum absolute atomic E-state index is 0. The van der Waals surface area contributed by atoms with Crippen molar-refractivity contribution in [1.29, 1.82) is 0 Å². The smallest absolute Gasteiger partial charge is 0.545 e. The fraction of sp³-hybridized carbons (Fsp3) is 0. The molecule has 0 heterocycles. The van der Waals surface area contributed by atoms with Gasteiger partial charge in [-0.05, 0) is 36.4 Å². The molecule has 0 radical (unpaired) electrons. The van der Waals surface area contributed by atoms with Crippen molar-refractivity contribution in [2.24, 2.45) is 0 Å². The zero-order valence-corrected chi connectivity index (χ0v) is 18.5. The predicted molar refractivity (Wildman–Crippen MR) is 110 cm³/mol. The van der Waals surface area contributed by atoms with E-state index >= 15 is 0 Å². The van der Waals surface area contributed by atoms with Crippen molar-refractivity contribution in [2.45, 2.75) is 0 Å². The van der Waals surface area contributed by atoms with Gasteiger partial charge in [-0.25, -0.2) is 4.79 Å². The Balaban J connectivity index is 0.000000444. The third kappa shape index (κ3) is 9.12. The summed E-state index contributed by atoms with van der Waals surface area (Å²) in [5.41, 5.74) is -0.299. The van der Waals surface area contributed by atoms with Gasteiger partial charge in [0.1, 0.15) is 34.7 Å². The monoisotopic (exact) mass is 470 g/mol. The molecule has 0 aliphatic carbocycles. The number of phenols is 3. The summed E-state index contributed by atoms with van der Waals surface area (Å²) in [5.74, 6) is -4.15. The SMILES string of the molecule is O=C(OCl)c1ccccc1O.O=C([O-])c1ccccc1O.O=C([O-])c1ccccc1O.[Mg+2]. The Labute approximate surface area is 203 Å². The Morgan fingerprint density at radius 1 is 0.625 bits per heavy atom. The molecule has 32 heavy (non-hydrogen) atoms.